The number of nitrogens with one attached hydrogen (secondary N) is 2. The van der Waals surface area contributed by atoms with E-state index in [0.717, 1.165) is 12.1 Å². The molecule has 0 fully saturated rings. The molecule has 0 atom stereocenters. The van der Waals surface area contributed by atoms with Crippen LogP contribution in [0.1, 0.15) is 21.5 Å². The highest BCUT2D eigenvalue weighted by molar-refractivity contribution is 6.09. The van der Waals surface area contributed by atoms with E-state index in [0.29, 0.717) is 33.5 Å². The first-order chi connectivity index (χ1) is 14.3. The quantitative estimate of drug-likeness (QED) is 0.514. The smallest absolute Gasteiger partial charge is 0.416 e. The van der Waals surface area contributed by atoms with Gasteiger partial charge in [-0.2, -0.15) is 18.3 Å². The van der Waals surface area contributed by atoms with Crippen LogP contribution in [0.15, 0.2) is 55.2 Å². The van der Waals surface area contributed by atoms with Gasteiger partial charge < -0.3 is 15.0 Å². The Morgan fingerprint density at radius 2 is 1.97 bits per heavy atom. The van der Waals surface area contributed by atoms with Gasteiger partial charge in [-0.25, -0.2) is 0 Å². The van der Waals surface area contributed by atoms with Crippen molar-refractivity contribution in [2.45, 2.75) is 12.7 Å². The second-order valence-electron chi connectivity index (χ2n) is 6.54. The van der Waals surface area contributed by atoms with Gasteiger partial charge in [0.25, 0.3) is 5.91 Å². The first kappa shape index (κ1) is 19.5. The molecule has 0 saturated carbocycles. The molecular formula is C20H16F3N5O2. The number of hydrogen-bond acceptors (Lipinski definition) is 4. The number of ether oxygens (including phenoxy) is 1. The van der Waals surface area contributed by atoms with E-state index in [1.165, 1.54) is 36.3 Å². The lowest BCUT2D eigenvalue weighted by atomic mass is 10.1. The number of aromatic amines is 1. The summed E-state index contributed by atoms with van der Waals surface area (Å²) in [5.41, 5.74) is 1.48. The third-order valence-electron chi connectivity index (χ3n) is 4.55. The monoisotopic (exact) mass is 415 g/mol. The van der Waals surface area contributed by atoms with Gasteiger partial charge in [0.2, 0.25) is 0 Å². The Morgan fingerprint density at radius 3 is 2.67 bits per heavy atom. The van der Waals surface area contributed by atoms with Crippen molar-refractivity contribution in [2.24, 2.45) is 0 Å². The summed E-state index contributed by atoms with van der Waals surface area (Å²) in [6.45, 7) is 0.236. The van der Waals surface area contributed by atoms with Crippen LogP contribution in [0.25, 0.3) is 10.9 Å². The van der Waals surface area contributed by atoms with Gasteiger partial charge in [-0.3, -0.25) is 14.5 Å². The summed E-state index contributed by atoms with van der Waals surface area (Å²) >= 11 is 0. The summed E-state index contributed by atoms with van der Waals surface area (Å²) in [6.07, 6.45) is 3.36. The number of pyridine rings is 1. The van der Waals surface area contributed by atoms with Crippen LogP contribution in [-0.4, -0.2) is 32.8 Å². The number of alkyl halides is 3. The number of fused-ring (bicyclic) bond motifs is 1. The minimum atomic E-state index is -4.38. The summed E-state index contributed by atoms with van der Waals surface area (Å²) in [5, 5.41) is 7.60. The lowest BCUT2D eigenvalue weighted by Crippen LogP contribution is -2.11. The molecule has 2 N–H and O–H groups in total. The molecule has 10 heteroatoms. The topological polar surface area (TPSA) is 84.8 Å². The van der Waals surface area contributed by atoms with Crippen LogP contribution in [0.5, 0.6) is 5.75 Å². The fraction of sp³-hybridized carbons (Fsp3) is 0.150. The summed E-state index contributed by atoms with van der Waals surface area (Å²) in [7, 11) is 1.53. The van der Waals surface area contributed by atoms with E-state index in [9.17, 15) is 18.0 Å². The molecule has 7 nitrogen and oxygen atoms in total. The van der Waals surface area contributed by atoms with Crippen molar-refractivity contribution in [3.63, 3.8) is 0 Å². The second-order valence-corrected chi connectivity index (χ2v) is 6.54. The van der Waals surface area contributed by atoms with Gasteiger partial charge >= 0.3 is 6.18 Å². The summed E-state index contributed by atoms with van der Waals surface area (Å²) in [5.74, 6) is 0.176. The number of methoxy groups -OCH3 is 1. The molecule has 4 aromatic rings. The zero-order valence-corrected chi connectivity index (χ0v) is 15.7. The average molecular weight is 415 g/mol. The van der Waals surface area contributed by atoms with Crippen molar-refractivity contribution >= 4 is 22.5 Å². The molecule has 3 heterocycles. The molecule has 30 heavy (non-hydrogen) atoms. The number of amides is 1. The van der Waals surface area contributed by atoms with E-state index in [1.54, 1.807) is 18.6 Å². The Hall–Kier alpha value is -3.82. The maximum atomic E-state index is 12.7. The number of nitrogens with zero attached hydrogens (tertiary/aromatic N) is 3. The van der Waals surface area contributed by atoms with Gasteiger partial charge in [0.15, 0.2) is 5.75 Å². The SMILES string of the molecule is COc1cncc2c(NC(=O)c3cnn(Cc4ccc(C(F)(F)F)cc4)c3)c[nH]c12. The van der Waals surface area contributed by atoms with Gasteiger partial charge in [-0.1, -0.05) is 12.1 Å². The van der Waals surface area contributed by atoms with Crippen LogP contribution < -0.4 is 10.1 Å². The highest BCUT2D eigenvalue weighted by Gasteiger charge is 2.29. The van der Waals surface area contributed by atoms with Gasteiger partial charge in [-0.05, 0) is 17.7 Å². The lowest BCUT2D eigenvalue weighted by molar-refractivity contribution is -0.137. The third-order valence-corrected chi connectivity index (χ3v) is 4.55. The molecule has 0 radical (unpaired) electrons. The number of carbonyl (C=O) groups excluding carboxylic acids is 1. The minimum absolute atomic E-state index is 0.236. The summed E-state index contributed by atoms with van der Waals surface area (Å²) < 4.78 is 44.7. The summed E-state index contributed by atoms with van der Waals surface area (Å²) in [4.78, 5) is 19.7. The standard InChI is InChI=1S/C20H16F3N5O2/c1-30-17-9-24-7-15-16(8-25-18(15)17)27-19(29)13-6-26-28(11-13)10-12-2-4-14(5-3-12)20(21,22)23/h2-9,11,25H,10H2,1H3,(H,27,29). The van der Waals surface area contributed by atoms with Crippen molar-refractivity contribution in [3.05, 3.63) is 71.9 Å². The molecule has 0 saturated heterocycles. The molecule has 154 valence electrons. The molecule has 1 amide bonds. The number of halogens is 3. The minimum Gasteiger partial charge on any atom is -0.493 e. The number of carbonyl (C=O) groups is 1. The highest BCUT2D eigenvalue weighted by Crippen LogP contribution is 2.30. The number of rotatable bonds is 5. The van der Waals surface area contributed by atoms with Crippen LogP contribution in [0.3, 0.4) is 0 Å². The van der Waals surface area contributed by atoms with E-state index in [-0.39, 0.29) is 12.5 Å². The number of anilines is 1. The Labute approximate surface area is 168 Å². The van der Waals surface area contributed by atoms with Crippen molar-refractivity contribution in [1.29, 1.82) is 0 Å². The molecule has 0 aliphatic carbocycles. The Balaban J connectivity index is 1.47. The van der Waals surface area contributed by atoms with Gasteiger partial charge in [0.1, 0.15) is 0 Å². The molecule has 3 aromatic heterocycles. The van der Waals surface area contributed by atoms with Crippen molar-refractivity contribution < 1.29 is 22.7 Å². The Kier molecular flexibility index (Phi) is 4.90. The van der Waals surface area contributed by atoms with E-state index < -0.39 is 11.7 Å². The van der Waals surface area contributed by atoms with E-state index in [4.69, 9.17) is 4.74 Å². The molecule has 0 bridgehead atoms. The van der Waals surface area contributed by atoms with Gasteiger partial charge in [-0.15, -0.1) is 0 Å². The van der Waals surface area contributed by atoms with Crippen LogP contribution in [0.4, 0.5) is 18.9 Å². The lowest BCUT2D eigenvalue weighted by Gasteiger charge is -2.07. The molecule has 1 aromatic carbocycles. The first-order valence-corrected chi connectivity index (χ1v) is 8.84. The first-order valence-electron chi connectivity index (χ1n) is 8.84. The highest BCUT2D eigenvalue weighted by atomic mass is 19.4. The summed E-state index contributed by atoms with van der Waals surface area (Å²) in [6, 6.07) is 4.81. The van der Waals surface area contributed by atoms with Gasteiger partial charge in [0, 0.05) is 24.0 Å². The number of hydrogen-bond donors (Lipinski definition) is 2. The predicted molar refractivity (Wildman–Crippen MR) is 103 cm³/mol. The maximum Gasteiger partial charge on any atom is 0.416 e. The second kappa shape index (κ2) is 7.54. The van der Waals surface area contributed by atoms with Crippen molar-refractivity contribution in [3.8, 4) is 5.75 Å². The normalized spacial score (nSPS) is 11.6. The average Bonchev–Trinajstić information content (AvgIpc) is 3.35. The van der Waals surface area contributed by atoms with E-state index in [1.807, 2.05) is 0 Å². The van der Waals surface area contributed by atoms with Crippen LogP contribution in [-0.2, 0) is 12.7 Å². The predicted octanol–water partition coefficient (Wildman–Crippen LogP) is 4.09. The molecule has 4 rings (SSSR count). The number of aromatic nitrogens is 4. The molecular weight excluding hydrogens is 399 g/mol. The fourth-order valence-electron chi connectivity index (χ4n) is 3.02. The van der Waals surface area contributed by atoms with Crippen LogP contribution >= 0.6 is 0 Å². The van der Waals surface area contributed by atoms with Crippen molar-refractivity contribution in [2.75, 3.05) is 12.4 Å². The largest absolute Gasteiger partial charge is 0.493 e. The Bertz CT molecular complexity index is 1200. The number of H-pyrrole nitrogens is 1. The molecule has 0 aliphatic heterocycles. The zero-order chi connectivity index (χ0) is 21.3. The zero-order valence-electron chi connectivity index (χ0n) is 15.7. The molecule has 0 unspecified atom stereocenters. The van der Waals surface area contributed by atoms with Crippen molar-refractivity contribution in [1.82, 2.24) is 19.7 Å². The van der Waals surface area contributed by atoms with Crippen LogP contribution in [0.2, 0.25) is 0 Å². The molecule has 0 aliphatic rings. The van der Waals surface area contributed by atoms with Gasteiger partial charge in [0.05, 0.1) is 48.4 Å². The van der Waals surface area contributed by atoms with E-state index >= 15 is 0 Å². The van der Waals surface area contributed by atoms with Crippen LogP contribution in [0, 0.1) is 0 Å². The maximum absolute atomic E-state index is 12.7. The third kappa shape index (κ3) is 3.84. The van der Waals surface area contributed by atoms with E-state index in [2.05, 4.69) is 20.4 Å². The Morgan fingerprint density at radius 1 is 1.20 bits per heavy atom. The fourth-order valence-corrected chi connectivity index (χ4v) is 3.02. The number of benzene rings is 1. The molecule has 0 spiro atoms.